The zero-order valence-corrected chi connectivity index (χ0v) is 32.8. The van der Waals surface area contributed by atoms with Crippen molar-refractivity contribution in [2.75, 3.05) is 0 Å². The third-order valence-corrected chi connectivity index (χ3v) is 7.36. The van der Waals surface area contributed by atoms with Crippen LogP contribution in [0, 0.1) is 0 Å². The van der Waals surface area contributed by atoms with Crippen LogP contribution in [0.5, 0.6) is 0 Å². The Kier molecular flexibility index (Phi) is 16.6. The van der Waals surface area contributed by atoms with E-state index in [-0.39, 0.29) is 0 Å². The average Bonchev–Trinajstić information content (AvgIpc) is 2.71. The van der Waals surface area contributed by atoms with E-state index in [0.717, 1.165) is 22.8 Å². The number of hydrogen-bond donors (Lipinski definition) is 0. The Balaban J connectivity index is 0.000000633. The van der Waals surface area contributed by atoms with Crippen LogP contribution < -0.4 is 0 Å². The van der Waals surface area contributed by atoms with Crippen molar-refractivity contribution in [3.8, 4) is 0 Å². The summed E-state index contributed by atoms with van der Waals surface area (Å²) in [6.07, 6.45) is 0. The molecule has 2 rings (SSSR count). The van der Waals surface area contributed by atoms with Gasteiger partial charge in [-0.05, 0) is 11.1 Å². The van der Waals surface area contributed by atoms with E-state index in [0.29, 0.717) is 0 Å². The van der Waals surface area contributed by atoms with E-state index in [9.17, 15) is 0 Å². The van der Waals surface area contributed by atoms with Crippen LogP contribution in [-0.4, -0.2) is 44.6 Å². The molecule has 0 unspecified atom stereocenters. The molecule has 0 fully saturated rings. The van der Waals surface area contributed by atoms with Gasteiger partial charge in [0.1, 0.15) is 0 Å². The molecular weight excluding hydrogens is 643 g/mol. The standard InChI is InChI=1S/2C13H23N2Si2.2ClH.Zr/c2*1-16(2,3)14-13(15-17(4,5)6)12-10-8-7-9-11-12;;;/h2*7-11H,1-6H3;2*1H;/q2*-1;;;+4/p-2. The van der Waals surface area contributed by atoms with Crippen molar-refractivity contribution in [2.45, 2.75) is 78.6 Å². The minimum atomic E-state index is -1.49. The second kappa shape index (κ2) is 16.7. The normalized spacial score (nSPS) is 12.8. The van der Waals surface area contributed by atoms with Crippen molar-refractivity contribution in [3.05, 3.63) is 81.8 Å². The van der Waals surface area contributed by atoms with E-state index in [1.165, 1.54) is 0 Å². The van der Waals surface area contributed by atoms with Crippen LogP contribution in [0.2, 0.25) is 78.6 Å². The zero-order valence-electron chi connectivity index (χ0n) is 24.8. The van der Waals surface area contributed by atoms with E-state index in [1.54, 1.807) is 0 Å². The quantitative estimate of drug-likeness (QED) is 0.165. The van der Waals surface area contributed by atoms with Crippen molar-refractivity contribution < 1.29 is 20.8 Å². The van der Waals surface area contributed by atoms with Gasteiger partial charge in [0, 0.05) is 32.9 Å². The Morgan fingerprint density at radius 1 is 0.541 bits per heavy atom. The number of rotatable bonds is 6. The summed E-state index contributed by atoms with van der Waals surface area (Å²) in [5.74, 6) is 1.92. The zero-order chi connectivity index (χ0) is 28.9. The second-order valence-electron chi connectivity index (χ2n) is 12.6. The molecule has 37 heavy (non-hydrogen) atoms. The van der Waals surface area contributed by atoms with Crippen molar-refractivity contribution in [1.29, 1.82) is 0 Å². The van der Waals surface area contributed by atoms with Gasteiger partial charge in [-0.1, -0.05) is 151 Å². The Bertz CT molecular complexity index is 885. The fourth-order valence-corrected chi connectivity index (χ4v) is 6.21. The van der Waals surface area contributed by atoms with Crippen LogP contribution in [0.25, 0.3) is 9.96 Å². The summed E-state index contributed by atoms with van der Waals surface area (Å²) >= 11 is -0.826. The Hall–Kier alpha value is -0.289. The molecule has 0 aromatic heterocycles. The first-order valence-electron chi connectivity index (χ1n) is 12.5. The monoisotopic (exact) mass is 686 g/mol. The molecule has 0 spiro atoms. The SMILES string of the molecule is C[Si](C)(C)/N=C(/[N-][Si](C)(C)C)c1ccccc1.C[Si](C)(C)/N=C(/[N-][Si](C)(C)C)c1ccccc1.[Cl][Zr+2][Cl]. The van der Waals surface area contributed by atoms with Crippen LogP contribution in [0.1, 0.15) is 11.1 Å². The molecule has 0 heterocycles. The molecule has 0 aliphatic heterocycles. The van der Waals surface area contributed by atoms with Gasteiger partial charge in [0.25, 0.3) is 0 Å². The topological polar surface area (TPSA) is 52.9 Å². The van der Waals surface area contributed by atoms with Gasteiger partial charge in [0.05, 0.1) is 0 Å². The van der Waals surface area contributed by atoms with Gasteiger partial charge < -0.3 is 19.3 Å². The predicted octanol–water partition coefficient (Wildman–Crippen LogP) is 10.3. The Morgan fingerprint density at radius 3 is 0.973 bits per heavy atom. The Labute approximate surface area is 250 Å². The Morgan fingerprint density at radius 2 is 0.784 bits per heavy atom. The van der Waals surface area contributed by atoms with Gasteiger partial charge >= 0.3 is 37.9 Å². The van der Waals surface area contributed by atoms with Crippen LogP contribution in [0.3, 0.4) is 0 Å². The van der Waals surface area contributed by atoms with Crippen LogP contribution >= 0.6 is 17.0 Å². The molecule has 2 aromatic rings. The van der Waals surface area contributed by atoms with Crippen LogP contribution in [0.4, 0.5) is 0 Å². The number of amidine groups is 2. The fraction of sp³-hybridized carbons (Fsp3) is 0.462. The molecule has 4 nitrogen and oxygen atoms in total. The molecule has 0 aliphatic rings. The van der Waals surface area contributed by atoms with Gasteiger partial charge in [0.2, 0.25) is 0 Å². The molecular formula is C26H46Cl2N4Si4Zr. The third-order valence-electron chi connectivity index (χ3n) is 3.83. The molecule has 0 bridgehead atoms. The van der Waals surface area contributed by atoms with Gasteiger partial charge in [-0.2, -0.15) is 0 Å². The molecule has 11 heteroatoms. The second-order valence-corrected chi connectivity index (χ2v) is 34.6. The van der Waals surface area contributed by atoms with Crippen molar-refractivity contribution >= 4 is 61.6 Å². The van der Waals surface area contributed by atoms with Crippen LogP contribution in [0.15, 0.2) is 70.0 Å². The van der Waals surface area contributed by atoms with Gasteiger partial charge in [0.15, 0.2) is 0 Å². The molecule has 0 amide bonds. The number of hydrogen-bond acceptors (Lipinski definition) is 2. The van der Waals surface area contributed by atoms with Crippen molar-refractivity contribution in [2.24, 2.45) is 9.32 Å². The number of halogens is 2. The van der Waals surface area contributed by atoms with E-state index < -0.39 is 53.8 Å². The molecule has 204 valence electrons. The molecule has 0 radical (unpaired) electrons. The van der Waals surface area contributed by atoms with E-state index in [1.807, 2.05) is 12.1 Å². The average molecular weight is 689 g/mol. The summed E-state index contributed by atoms with van der Waals surface area (Å²) < 4.78 is 9.78. The first-order valence-corrected chi connectivity index (χ1v) is 32.6. The van der Waals surface area contributed by atoms with Gasteiger partial charge in [-0.3, -0.25) is 0 Å². The summed E-state index contributed by atoms with van der Waals surface area (Å²) in [4.78, 5) is 9.78. The van der Waals surface area contributed by atoms with E-state index in [4.69, 9.17) is 36.3 Å². The third kappa shape index (κ3) is 21.2. The summed E-state index contributed by atoms with van der Waals surface area (Å²) in [6, 6.07) is 20.7. The number of nitrogens with zero attached hydrogens (tertiary/aromatic N) is 4. The van der Waals surface area contributed by atoms with Crippen LogP contribution in [-0.2, 0) is 20.8 Å². The van der Waals surface area contributed by atoms with Crippen molar-refractivity contribution in [3.63, 3.8) is 0 Å². The first kappa shape index (κ1) is 36.7. The molecule has 0 aliphatic carbocycles. The molecule has 0 saturated heterocycles. The van der Waals surface area contributed by atoms with E-state index in [2.05, 4.69) is 127 Å². The summed E-state index contributed by atoms with van der Waals surface area (Å²) in [5.41, 5.74) is 2.30. The summed E-state index contributed by atoms with van der Waals surface area (Å²) in [7, 11) is 3.92. The molecule has 0 N–H and O–H groups in total. The summed E-state index contributed by atoms with van der Waals surface area (Å²) in [5, 5.41) is 0. The first-order chi connectivity index (χ1) is 16.8. The van der Waals surface area contributed by atoms with Gasteiger partial charge in [-0.15, -0.1) is 0 Å². The molecule has 2 aromatic carbocycles. The number of benzene rings is 2. The maximum absolute atomic E-state index is 4.93. The predicted molar refractivity (Wildman–Crippen MR) is 178 cm³/mol. The maximum atomic E-state index is 4.93. The fourth-order valence-electron chi connectivity index (χ4n) is 2.75. The van der Waals surface area contributed by atoms with E-state index >= 15 is 0 Å². The summed E-state index contributed by atoms with van der Waals surface area (Å²) in [6.45, 7) is 26.9. The van der Waals surface area contributed by atoms with Crippen molar-refractivity contribution in [1.82, 2.24) is 0 Å². The molecule has 0 atom stereocenters. The van der Waals surface area contributed by atoms with Gasteiger partial charge in [-0.25, -0.2) is 0 Å². The molecule has 0 saturated carbocycles. The minimum absolute atomic E-state index is 0.826.